The van der Waals surface area contributed by atoms with Crippen LogP contribution < -0.4 is 26.0 Å². The minimum atomic E-state index is -0.730. The fourth-order valence-electron chi connectivity index (χ4n) is 1.69. The first-order valence-corrected chi connectivity index (χ1v) is 6.47. The number of aromatic amines is 2. The molecule has 0 saturated heterocycles. The molecule has 0 spiro atoms. The van der Waals surface area contributed by atoms with Gasteiger partial charge in [-0.25, -0.2) is 4.79 Å². The molecule has 1 aromatic carbocycles. The first-order valence-electron chi connectivity index (χ1n) is 6.47. The van der Waals surface area contributed by atoms with Crippen LogP contribution in [0.5, 0.6) is 11.5 Å². The van der Waals surface area contributed by atoms with Crippen molar-refractivity contribution in [2.75, 3.05) is 20.3 Å². The minimum absolute atomic E-state index is 0.0989. The minimum Gasteiger partial charge on any atom is -0.497 e. The van der Waals surface area contributed by atoms with Gasteiger partial charge in [-0.2, -0.15) is 0 Å². The van der Waals surface area contributed by atoms with Gasteiger partial charge in [0, 0.05) is 6.07 Å². The molecule has 0 aliphatic carbocycles. The summed E-state index contributed by atoms with van der Waals surface area (Å²) in [6.45, 7) is 0.463. The van der Waals surface area contributed by atoms with Gasteiger partial charge in [0.05, 0.1) is 13.7 Å². The molecule has 0 aliphatic rings. The Bertz CT molecular complexity index is 720. The Labute approximate surface area is 125 Å². The predicted octanol–water partition coefficient (Wildman–Crippen LogP) is -0.119. The number of carbonyl (C=O) groups is 1. The highest BCUT2D eigenvalue weighted by atomic mass is 16.5. The molecule has 0 unspecified atom stereocenters. The summed E-state index contributed by atoms with van der Waals surface area (Å²) >= 11 is 0. The van der Waals surface area contributed by atoms with Gasteiger partial charge in [0.2, 0.25) is 0 Å². The molecule has 0 saturated carbocycles. The number of hydrogen-bond donors (Lipinski definition) is 3. The van der Waals surface area contributed by atoms with Crippen LogP contribution in [0.1, 0.15) is 10.5 Å². The van der Waals surface area contributed by atoms with Crippen LogP contribution in [0.3, 0.4) is 0 Å². The fraction of sp³-hybridized carbons (Fsp3) is 0.214. The van der Waals surface area contributed by atoms with E-state index in [-0.39, 0.29) is 18.8 Å². The summed E-state index contributed by atoms with van der Waals surface area (Å²) < 4.78 is 10.5. The number of H-pyrrole nitrogens is 2. The van der Waals surface area contributed by atoms with E-state index in [0.717, 1.165) is 11.8 Å². The Balaban J connectivity index is 1.81. The number of nitrogens with one attached hydrogen (secondary N) is 3. The van der Waals surface area contributed by atoms with E-state index in [1.54, 1.807) is 31.4 Å². The second-order valence-electron chi connectivity index (χ2n) is 4.28. The van der Waals surface area contributed by atoms with Crippen molar-refractivity contribution < 1.29 is 14.3 Å². The highest BCUT2D eigenvalue weighted by Gasteiger charge is 2.07. The predicted molar refractivity (Wildman–Crippen MR) is 78.5 cm³/mol. The summed E-state index contributed by atoms with van der Waals surface area (Å²) in [5.41, 5.74) is -1.46. The molecule has 0 bridgehead atoms. The molecule has 2 rings (SSSR count). The maximum Gasteiger partial charge on any atom is 0.326 e. The molecule has 116 valence electrons. The van der Waals surface area contributed by atoms with Gasteiger partial charge in [-0.05, 0) is 24.3 Å². The van der Waals surface area contributed by atoms with Crippen LogP contribution >= 0.6 is 0 Å². The van der Waals surface area contributed by atoms with Gasteiger partial charge in [0.25, 0.3) is 11.5 Å². The molecule has 22 heavy (non-hydrogen) atoms. The van der Waals surface area contributed by atoms with E-state index in [4.69, 9.17) is 9.47 Å². The third-order valence-electron chi connectivity index (χ3n) is 2.72. The second-order valence-corrected chi connectivity index (χ2v) is 4.28. The van der Waals surface area contributed by atoms with E-state index in [1.165, 1.54) is 0 Å². The highest BCUT2D eigenvalue weighted by molar-refractivity contribution is 5.91. The van der Waals surface area contributed by atoms with Gasteiger partial charge < -0.3 is 19.8 Å². The standard InChI is InChI=1S/C14H15N3O5/c1-21-9-2-4-10(5-3-9)22-7-6-15-13(19)11-8-12(18)17-14(20)16-11/h2-5,8H,6-7H2,1H3,(H,15,19)(H2,16,17,18,20). The Morgan fingerprint density at radius 1 is 1.14 bits per heavy atom. The summed E-state index contributed by atoms with van der Waals surface area (Å²) in [4.78, 5) is 38.1. The third kappa shape index (κ3) is 4.23. The molecule has 1 heterocycles. The van der Waals surface area contributed by atoms with Crippen molar-refractivity contribution in [3.63, 3.8) is 0 Å². The lowest BCUT2D eigenvalue weighted by molar-refractivity contribution is 0.0941. The number of aromatic nitrogens is 2. The van der Waals surface area contributed by atoms with Crippen molar-refractivity contribution in [3.05, 3.63) is 56.9 Å². The summed E-state index contributed by atoms with van der Waals surface area (Å²) in [6, 6.07) is 8.02. The molecular weight excluding hydrogens is 290 g/mol. The molecule has 0 radical (unpaired) electrons. The Kier molecular flexibility index (Phi) is 4.97. The topological polar surface area (TPSA) is 113 Å². The molecule has 3 N–H and O–H groups in total. The zero-order chi connectivity index (χ0) is 15.9. The smallest absolute Gasteiger partial charge is 0.326 e. The average molecular weight is 305 g/mol. The zero-order valence-electron chi connectivity index (χ0n) is 11.8. The van der Waals surface area contributed by atoms with Crippen LogP contribution in [0.2, 0.25) is 0 Å². The lowest BCUT2D eigenvalue weighted by Gasteiger charge is -2.08. The summed E-state index contributed by atoms with van der Waals surface area (Å²) in [5.74, 6) is 0.806. The lowest BCUT2D eigenvalue weighted by atomic mass is 10.3. The van der Waals surface area contributed by atoms with Crippen molar-refractivity contribution in [1.29, 1.82) is 0 Å². The third-order valence-corrected chi connectivity index (χ3v) is 2.72. The zero-order valence-corrected chi connectivity index (χ0v) is 11.8. The van der Waals surface area contributed by atoms with Crippen molar-refractivity contribution in [2.45, 2.75) is 0 Å². The van der Waals surface area contributed by atoms with Crippen LogP contribution in [0.25, 0.3) is 0 Å². The highest BCUT2D eigenvalue weighted by Crippen LogP contribution is 2.16. The van der Waals surface area contributed by atoms with Gasteiger partial charge in [-0.15, -0.1) is 0 Å². The van der Waals surface area contributed by atoms with E-state index in [1.807, 2.05) is 4.98 Å². The van der Waals surface area contributed by atoms with Crippen molar-refractivity contribution in [2.24, 2.45) is 0 Å². The second kappa shape index (κ2) is 7.11. The molecule has 0 fully saturated rings. The van der Waals surface area contributed by atoms with Gasteiger partial charge in [-0.1, -0.05) is 0 Å². The van der Waals surface area contributed by atoms with Crippen LogP contribution in [-0.2, 0) is 0 Å². The van der Waals surface area contributed by atoms with Crippen LogP contribution in [0.4, 0.5) is 0 Å². The Hall–Kier alpha value is -3.03. The first-order chi connectivity index (χ1) is 10.6. The maximum atomic E-state index is 11.7. The quantitative estimate of drug-likeness (QED) is 0.644. The average Bonchev–Trinajstić information content (AvgIpc) is 2.51. The van der Waals surface area contributed by atoms with Crippen molar-refractivity contribution in [1.82, 2.24) is 15.3 Å². The van der Waals surface area contributed by atoms with E-state index < -0.39 is 17.2 Å². The van der Waals surface area contributed by atoms with Crippen LogP contribution in [0, 0.1) is 0 Å². The maximum absolute atomic E-state index is 11.7. The Morgan fingerprint density at radius 3 is 2.45 bits per heavy atom. The molecule has 2 aromatic rings. The number of hydrogen-bond acceptors (Lipinski definition) is 5. The summed E-state index contributed by atoms with van der Waals surface area (Å²) in [5, 5.41) is 2.53. The lowest BCUT2D eigenvalue weighted by Crippen LogP contribution is -2.33. The first kappa shape index (κ1) is 15.4. The molecule has 8 nitrogen and oxygen atoms in total. The van der Waals surface area contributed by atoms with E-state index in [0.29, 0.717) is 5.75 Å². The number of carbonyl (C=O) groups excluding carboxylic acids is 1. The number of rotatable bonds is 6. The molecule has 1 amide bonds. The van der Waals surface area contributed by atoms with E-state index in [9.17, 15) is 14.4 Å². The number of benzene rings is 1. The summed E-state index contributed by atoms with van der Waals surface area (Å²) in [7, 11) is 1.57. The molecule has 0 aliphatic heterocycles. The van der Waals surface area contributed by atoms with Gasteiger partial charge >= 0.3 is 5.69 Å². The SMILES string of the molecule is COc1ccc(OCCNC(=O)c2cc(=O)[nH]c(=O)[nH]2)cc1. The monoisotopic (exact) mass is 305 g/mol. The molecule has 0 atom stereocenters. The summed E-state index contributed by atoms with van der Waals surface area (Å²) in [6.07, 6.45) is 0. The van der Waals surface area contributed by atoms with Crippen molar-refractivity contribution in [3.8, 4) is 11.5 Å². The van der Waals surface area contributed by atoms with E-state index in [2.05, 4.69) is 10.3 Å². The largest absolute Gasteiger partial charge is 0.497 e. The number of methoxy groups -OCH3 is 1. The molecule has 8 heteroatoms. The fourth-order valence-corrected chi connectivity index (χ4v) is 1.69. The van der Waals surface area contributed by atoms with Crippen molar-refractivity contribution >= 4 is 5.91 Å². The molecule has 1 aromatic heterocycles. The normalized spacial score (nSPS) is 10.0. The van der Waals surface area contributed by atoms with Crippen LogP contribution in [-0.4, -0.2) is 36.1 Å². The van der Waals surface area contributed by atoms with Gasteiger partial charge in [0.15, 0.2) is 0 Å². The van der Waals surface area contributed by atoms with Gasteiger partial charge in [-0.3, -0.25) is 14.6 Å². The number of amides is 1. The number of ether oxygens (including phenoxy) is 2. The molecular formula is C14H15N3O5. The Morgan fingerprint density at radius 2 is 1.82 bits per heavy atom. The van der Waals surface area contributed by atoms with Crippen LogP contribution in [0.15, 0.2) is 39.9 Å². The van der Waals surface area contributed by atoms with Gasteiger partial charge in [0.1, 0.15) is 23.8 Å². The van der Waals surface area contributed by atoms with E-state index >= 15 is 0 Å².